The molecule has 9 heteroatoms. The zero-order valence-corrected chi connectivity index (χ0v) is 19.5. The highest BCUT2D eigenvalue weighted by Gasteiger charge is 2.59. The third-order valence-electron chi connectivity index (χ3n) is 7.06. The van der Waals surface area contributed by atoms with E-state index in [1.807, 2.05) is 13.8 Å². The van der Waals surface area contributed by atoms with Crippen LogP contribution in [0.15, 0.2) is 0 Å². The lowest BCUT2D eigenvalue weighted by atomic mass is 9.49. The molecule has 9 nitrogen and oxygen atoms in total. The zero-order valence-electron chi connectivity index (χ0n) is 19.5. The minimum atomic E-state index is -1.09. The predicted octanol–water partition coefficient (Wildman–Crippen LogP) is 2.86. The highest BCUT2D eigenvalue weighted by molar-refractivity contribution is 6.47. The fourth-order valence-electron chi connectivity index (χ4n) is 5.77. The van der Waals surface area contributed by atoms with E-state index in [0.29, 0.717) is 12.8 Å². The molecular weight excluding hydrogens is 432 g/mol. The Balaban J connectivity index is 2.26. The zero-order chi connectivity index (χ0) is 24.9. The molecule has 1 aromatic carbocycles. The van der Waals surface area contributed by atoms with Gasteiger partial charge in [-0.3, -0.25) is 19.2 Å². The number of hydrogen-bond acceptors (Lipinski definition) is 9. The number of carbonyl (C=O) groups excluding carboxylic acids is 4. The van der Waals surface area contributed by atoms with E-state index >= 15 is 0 Å². The maximum absolute atomic E-state index is 13.3. The van der Waals surface area contributed by atoms with Gasteiger partial charge in [-0.25, -0.2) is 0 Å². The van der Waals surface area contributed by atoms with Gasteiger partial charge < -0.3 is 24.8 Å². The molecular formula is C24H30O9. The number of aromatic hydroxyl groups is 3. The van der Waals surface area contributed by atoms with Crippen LogP contribution in [-0.2, 0) is 29.3 Å². The summed E-state index contributed by atoms with van der Waals surface area (Å²) >= 11 is 0. The topological polar surface area (TPSA) is 147 Å². The van der Waals surface area contributed by atoms with Crippen LogP contribution in [0.25, 0.3) is 0 Å². The molecule has 0 aromatic heterocycles. The van der Waals surface area contributed by atoms with Gasteiger partial charge in [0.2, 0.25) is 11.6 Å². The number of carbonyl (C=O) groups is 4. The van der Waals surface area contributed by atoms with Crippen LogP contribution in [0.4, 0.5) is 0 Å². The standard InChI is InChI=1S/C24H30O9/c1-11(25)32-9-13(10-33-12(2)26)14-17(27)15-16(20(30)18(14)28)24(5)8-6-7-23(3,4)22(24)21(31)19(15)29/h13,22,27-28,30H,6-10H2,1-5H3. The van der Waals surface area contributed by atoms with Crippen LogP contribution in [-0.4, -0.2) is 52.0 Å². The average Bonchev–Trinajstić information content (AvgIpc) is 2.69. The maximum Gasteiger partial charge on any atom is 0.302 e. The molecule has 33 heavy (non-hydrogen) atoms. The molecule has 1 fully saturated rings. The summed E-state index contributed by atoms with van der Waals surface area (Å²) in [5.74, 6) is -6.75. The van der Waals surface area contributed by atoms with Crippen LogP contribution in [0.2, 0.25) is 0 Å². The first-order valence-electron chi connectivity index (χ1n) is 10.9. The molecule has 2 aliphatic carbocycles. The van der Waals surface area contributed by atoms with Gasteiger partial charge >= 0.3 is 11.9 Å². The molecule has 2 atom stereocenters. The average molecular weight is 462 g/mol. The SMILES string of the molecule is CC(=O)OCC(COC(C)=O)c1c(O)c(O)c2c(c1O)C(=O)C(=O)C1C(C)(C)CCCC21C. The second-order valence-corrected chi connectivity index (χ2v) is 9.90. The lowest BCUT2D eigenvalue weighted by Gasteiger charge is -2.52. The summed E-state index contributed by atoms with van der Waals surface area (Å²) in [6, 6.07) is 0. The Morgan fingerprint density at radius 2 is 1.48 bits per heavy atom. The molecule has 2 unspecified atom stereocenters. The Morgan fingerprint density at radius 3 is 2.00 bits per heavy atom. The summed E-state index contributed by atoms with van der Waals surface area (Å²) < 4.78 is 9.96. The number of rotatable bonds is 5. The fourth-order valence-corrected chi connectivity index (χ4v) is 5.77. The summed E-state index contributed by atoms with van der Waals surface area (Å²) in [5.41, 5.74) is -2.16. The second kappa shape index (κ2) is 8.35. The van der Waals surface area contributed by atoms with Gasteiger partial charge in [-0.2, -0.15) is 0 Å². The van der Waals surface area contributed by atoms with Crippen molar-refractivity contribution < 1.29 is 44.0 Å². The normalized spacial score (nSPS) is 23.6. The smallest absolute Gasteiger partial charge is 0.302 e. The van der Waals surface area contributed by atoms with Crippen LogP contribution < -0.4 is 0 Å². The molecule has 0 saturated heterocycles. The summed E-state index contributed by atoms with van der Waals surface area (Å²) in [5, 5.41) is 33.2. The van der Waals surface area contributed by atoms with E-state index in [-0.39, 0.29) is 16.7 Å². The Morgan fingerprint density at radius 1 is 0.939 bits per heavy atom. The summed E-state index contributed by atoms with van der Waals surface area (Å²) in [6.45, 7) is 7.04. The van der Waals surface area contributed by atoms with Crippen LogP contribution in [0.3, 0.4) is 0 Å². The lowest BCUT2D eigenvalue weighted by molar-refractivity contribution is -0.144. The molecule has 3 rings (SSSR count). The van der Waals surface area contributed by atoms with E-state index < -0.39 is 76.6 Å². The predicted molar refractivity (Wildman–Crippen MR) is 115 cm³/mol. The first-order chi connectivity index (χ1) is 15.2. The van der Waals surface area contributed by atoms with E-state index in [1.54, 1.807) is 6.92 Å². The number of ether oxygens (including phenoxy) is 2. The summed E-state index contributed by atoms with van der Waals surface area (Å²) in [4.78, 5) is 49.2. The van der Waals surface area contributed by atoms with E-state index in [0.717, 1.165) is 20.3 Å². The van der Waals surface area contributed by atoms with Gasteiger partial charge in [0.15, 0.2) is 11.5 Å². The number of phenols is 3. The number of fused-ring (bicyclic) bond motifs is 3. The molecule has 0 aliphatic heterocycles. The van der Waals surface area contributed by atoms with Crippen LogP contribution >= 0.6 is 0 Å². The Kier molecular flexibility index (Phi) is 6.21. The van der Waals surface area contributed by atoms with Crippen molar-refractivity contribution >= 4 is 23.5 Å². The number of hydrogen-bond donors (Lipinski definition) is 3. The first-order valence-corrected chi connectivity index (χ1v) is 10.9. The van der Waals surface area contributed by atoms with Crippen molar-refractivity contribution in [1.82, 2.24) is 0 Å². The number of Topliss-reactive ketones (excluding diaryl/α,β-unsaturated/α-hetero) is 2. The molecule has 3 N–H and O–H groups in total. The van der Waals surface area contributed by atoms with Gasteiger partial charge in [-0.05, 0) is 18.3 Å². The van der Waals surface area contributed by atoms with Crippen molar-refractivity contribution in [3.8, 4) is 17.2 Å². The van der Waals surface area contributed by atoms with Crippen molar-refractivity contribution in [1.29, 1.82) is 0 Å². The number of phenolic OH excluding ortho intramolecular Hbond substituents is 3. The maximum atomic E-state index is 13.3. The Hall–Kier alpha value is -3.10. The highest BCUT2D eigenvalue weighted by atomic mass is 16.5. The minimum Gasteiger partial charge on any atom is -0.507 e. The third-order valence-corrected chi connectivity index (χ3v) is 7.06. The molecule has 1 aromatic rings. The second-order valence-electron chi connectivity index (χ2n) is 9.90. The molecule has 0 bridgehead atoms. The van der Waals surface area contributed by atoms with Crippen molar-refractivity contribution in [2.24, 2.45) is 11.3 Å². The molecule has 180 valence electrons. The van der Waals surface area contributed by atoms with Crippen LogP contribution in [0.1, 0.15) is 81.3 Å². The van der Waals surface area contributed by atoms with Gasteiger partial charge in [0, 0.05) is 30.7 Å². The first kappa shape index (κ1) is 24.5. The summed E-state index contributed by atoms with van der Waals surface area (Å²) in [7, 11) is 0. The molecule has 1 saturated carbocycles. The van der Waals surface area contributed by atoms with E-state index in [2.05, 4.69) is 0 Å². The number of ketones is 2. The van der Waals surface area contributed by atoms with Gasteiger partial charge in [0.05, 0.1) is 17.0 Å². The molecule has 2 aliphatic rings. The van der Waals surface area contributed by atoms with Crippen molar-refractivity contribution in [2.45, 2.75) is 65.2 Å². The van der Waals surface area contributed by atoms with Crippen molar-refractivity contribution in [2.75, 3.05) is 13.2 Å². The number of esters is 2. The monoisotopic (exact) mass is 462 g/mol. The van der Waals surface area contributed by atoms with Crippen LogP contribution in [0.5, 0.6) is 17.2 Å². The number of benzene rings is 1. The lowest BCUT2D eigenvalue weighted by Crippen LogP contribution is -2.54. The quantitative estimate of drug-likeness (QED) is 0.260. The fraction of sp³-hybridized carbons (Fsp3) is 0.583. The van der Waals surface area contributed by atoms with E-state index in [1.165, 1.54) is 0 Å². The van der Waals surface area contributed by atoms with Gasteiger partial charge in [0.1, 0.15) is 19.0 Å². The van der Waals surface area contributed by atoms with E-state index in [9.17, 15) is 34.5 Å². The molecule has 0 amide bonds. The molecule has 0 radical (unpaired) electrons. The Bertz CT molecular complexity index is 1020. The van der Waals surface area contributed by atoms with Crippen molar-refractivity contribution in [3.63, 3.8) is 0 Å². The summed E-state index contributed by atoms with van der Waals surface area (Å²) in [6.07, 6.45) is 1.92. The third kappa shape index (κ3) is 3.94. The van der Waals surface area contributed by atoms with Gasteiger partial charge in [0.25, 0.3) is 0 Å². The molecule has 0 heterocycles. The largest absolute Gasteiger partial charge is 0.507 e. The highest BCUT2D eigenvalue weighted by Crippen LogP contribution is 2.61. The minimum absolute atomic E-state index is 0.0438. The van der Waals surface area contributed by atoms with Gasteiger partial charge in [-0.15, -0.1) is 0 Å². The Labute approximate surface area is 191 Å². The molecule has 0 spiro atoms. The van der Waals surface area contributed by atoms with Gasteiger partial charge in [-0.1, -0.05) is 27.2 Å². The van der Waals surface area contributed by atoms with E-state index in [4.69, 9.17) is 9.47 Å². The van der Waals surface area contributed by atoms with Crippen molar-refractivity contribution in [3.05, 3.63) is 16.7 Å². The van der Waals surface area contributed by atoms with Crippen LogP contribution in [0, 0.1) is 11.3 Å².